The van der Waals surface area contributed by atoms with Crippen LogP contribution in [0, 0.1) is 5.92 Å². The zero-order valence-electron chi connectivity index (χ0n) is 16.8. The van der Waals surface area contributed by atoms with E-state index < -0.39 is 0 Å². The Bertz CT molecular complexity index is 602. The van der Waals surface area contributed by atoms with Crippen LogP contribution >= 0.6 is 0 Å². The largest absolute Gasteiger partial charge is 0.492 e. The lowest BCUT2D eigenvalue weighted by molar-refractivity contribution is 0.0322. The minimum absolute atomic E-state index is 0.704. The Morgan fingerprint density at radius 1 is 1.26 bits per heavy atom. The van der Waals surface area contributed by atoms with Crippen LogP contribution < -0.4 is 10.1 Å². The summed E-state index contributed by atoms with van der Waals surface area (Å²) in [5, 5.41) is 3.53. The first-order valence-corrected chi connectivity index (χ1v) is 10.2. The van der Waals surface area contributed by atoms with Crippen molar-refractivity contribution in [2.75, 3.05) is 59.6 Å². The molecule has 1 aromatic carbocycles. The average Bonchev–Trinajstić information content (AvgIpc) is 2.70. The van der Waals surface area contributed by atoms with Crippen molar-refractivity contribution in [2.45, 2.75) is 26.3 Å². The third-order valence-electron chi connectivity index (χ3n) is 5.35. The molecular weight excluding hydrogens is 340 g/mol. The third-order valence-corrected chi connectivity index (χ3v) is 5.35. The van der Waals surface area contributed by atoms with E-state index in [0.29, 0.717) is 6.61 Å². The van der Waals surface area contributed by atoms with Crippen LogP contribution in [0.5, 0.6) is 5.75 Å². The van der Waals surface area contributed by atoms with Crippen LogP contribution in [0.1, 0.15) is 25.3 Å². The van der Waals surface area contributed by atoms with Crippen molar-refractivity contribution in [3.8, 4) is 5.75 Å². The Morgan fingerprint density at radius 2 is 2.07 bits per heavy atom. The van der Waals surface area contributed by atoms with Crippen LogP contribution in [0.25, 0.3) is 0 Å². The van der Waals surface area contributed by atoms with Gasteiger partial charge in [0.2, 0.25) is 0 Å². The van der Waals surface area contributed by atoms with Crippen LogP contribution in [-0.4, -0.2) is 75.4 Å². The maximum atomic E-state index is 6.09. The molecule has 3 rings (SSSR count). The molecule has 1 atom stereocenters. The number of hydrogen-bond acceptors (Lipinski definition) is 4. The Labute approximate surface area is 163 Å². The zero-order chi connectivity index (χ0) is 18.9. The van der Waals surface area contributed by atoms with Crippen molar-refractivity contribution in [1.82, 2.24) is 15.1 Å². The molecule has 0 amide bonds. The smallest absolute Gasteiger partial charge is 0.193 e. The molecule has 1 N–H and O–H groups in total. The van der Waals surface area contributed by atoms with Gasteiger partial charge in [-0.2, -0.15) is 0 Å². The summed E-state index contributed by atoms with van der Waals surface area (Å²) in [4.78, 5) is 9.25. The fourth-order valence-corrected chi connectivity index (χ4v) is 3.79. The first-order valence-electron chi connectivity index (χ1n) is 10.2. The van der Waals surface area contributed by atoms with Crippen LogP contribution in [0.2, 0.25) is 0 Å². The first kappa shape index (κ1) is 20.0. The molecule has 0 aromatic heterocycles. The van der Waals surface area contributed by atoms with E-state index in [0.717, 1.165) is 70.1 Å². The van der Waals surface area contributed by atoms with Crippen molar-refractivity contribution >= 4 is 5.96 Å². The number of para-hydroxylation sites is 1. The molecule has 27 heavy (non-hydrogen) atoms. The Balaban J connectivity index is 1.50. The number of likely N-dealkylation sites (tertiary alicyclic amines) is 1. The number of nitrogens with one attached hydrogen (secondary N) is 1. The van der Waals surface area contributed by atoms with Gasteiger partial charge in [-0.1, -0.05) is 25.1 Å². The summed E-state index contributed by atoms with van der Waals surface area (Å²) in [6, 6.07) is 8.29. The van der Waals surface area contributed by atoms with E-state index in [-0.39, 0.29) is 0 Å². The molecule has 0 radical (unpaired) electrons. The van der Waals surface area contributed by atoms with E-state index in [1.165, 1.54) is 18.4 Å². The van der Waals surface area contributed by atoms with Crippen molar-refractivity contribution in [3.05, 3.63) is 29.8 Å². The van der Waals surface area contributed by atoms with Crippen LogP contribution in [0.4, 0.5) is 0 Å². The lowest BCUT2D eigenvalue weighted by Crippen LogP contribution is -2.45. The first-order chi connectivity index (χ1) is 13.3. The van der Waals surface area contributed by atoms with Crippen LogP contribution in [-0.2, 0) is 11.3 Å². The van der Waals surface area contributed by atoms with Gasteiger partial charge in [-0.05, 0) is 24.8 Å². The lowest BCUT2D eigenvalue weighted by atomic mass is 10.0. The molecule has 6 nitrogen and oxygen atoms in total. The van der Waals surface area contributed by atoms with Gasteiger partial charge in [-0.15, -0.1) is 0 Å². The number of aliphatic imine (C=N–C) groups is 1. The molecule has 0 saturated carbocycles. The number of benzene rings is 1. The number of rotatable bonds is 6. The fourth-order valence-electron chi connectivity index (χ4n) is 3.79. The molecular formula is C21H34N4O2. The standard InChI is InChI=1S/C21H34N4O2/c1-18-6-5-9-25(17-18)21(22-2)23-16-19-7-3-4-8-20(19)27-15-12-24-10-13-26-14-11-24/h3-4,7-8,18H,5-6,9-17H2,1-2H3,(H,22,23). The molecule has 2 heterocycles. The molecule has 2 aliphatic heterocycles. The van der Waals surface area contributed by atoms with Gasteiger partial charge < -0.3 is 19.7 Å². The second kappa shape index (κ2) is 10.5. The summed E-state index contributed by atoms with van der Waals surface area (Å²) in [5.74, 6) is 2.68. The fraction of sp³-hybridized carbons (Fsp3) is 0.667. The molecule has 0 spiro atoms. The SMILES string of the molecule is CN=C(NCc1ccccc1OCCN1CCOCC1)N1CCCC(C)C1. The summed E-state index contributed by atoms with van der Waals surface area (Å²) in [7, 11) is 1.87. The molecule has 6 heteroatoms. The lowest BCUT2D eigenvalue weighted by Gasteiger charge is -2.33. The van der Waals surface area contributed by atoms with Gasteiger partial charge in [0.15, 0.2) is 5.96 Å². The maximum Gasteiger partial charge on any atom is 0.193 e. The molecule has 0 aliphatic carbocycles. The highest BCUT2D eigenvalue weighted by molar-refractivity contribution is 5.80. The van der Waals surface area contributed by atoms with Gasteiger partial charge in [-0.25, -0.2) is 0 Å². The number of morpholine rings is 1. The zero-order valence-corrected chi connectivity index (χ0v) is 16.8. The maximum absolute atomic E-state index is 6.09. The highest BCUT2D eigenvalue weighted by atomic mass is 16.5. The molecule has 2 aliphatic rings. The quantitative estimate of drug-likeness (QED) is 0.611. The molecule has 1 unspecified atom stereocenters. The van der Waals surface area contributed by atoms with Crippen molar-refractivity contribution in [3.63, 3.8) is 0 Å². The average molecular weight is 375 g/mol. The minimum Gasteiger partial charge on any atom is -0.492 e. The molecule has 150 valence electrons. The number of piperidine rings is 1. The van der Waals surface area contributed by atoms with E-state index in [1.807, 2.05) is 13.1 Å². The Morgan fingerprint density at radius 3 is 2.85 bits per heavy atom. The van der Waals surface area contributed by atoms with Gasteiger partial charge >= 0.3 is 0 Å². The number of guanidine groups is 1. The number of nitrogens with zero attached hydrogens (tertiary/aromatic N) is 3. The molecule has 2 fully saturated rings. The van der Waals surface area contributed by atoms with Crippen molar-refractivity contribution < 1.29 is 9.47 Å². The number of hydrogen-bond donors (Lipinski definition) is 1. The summed E-state index contributed by atoms with van der Waals surface area (Å²) in [6.07, 6.45) is 2.55. The molecule has 2 saturated heterocycles. The highest BCUT2D eigenvalue weighted by Gasteiger charge is 2.19. The van der Waals surface area contributed by atoms with E-state index >= 15 is 0 Å². The summed E-state index contributed by atoms with van der Waals surface area (Å²) in [5.41, 5.74) is 1.17. The summed E-state index contributed by atoms with van der Waals surface area (Å²) in [6.45, 7) is 10.5. The predicted octanol–water partition coefficient (Wildman–Crippen LogP) is 2.20. The second-order valence-corrected chi connectivity index (χ2v) is 7.50. The van der Waals surface area contributed by atoms with E-state index in [2.05, 4.69) is 45.2 Å². The summed E-state index contributed by atoms with van der Waals surface area (Å²) < 4.78 is 11.5. The molecule has 0 bridgehead atoms. The van der Waals surface area contributed by atoms with Crippen molar-refractivity contribution in [2.24, 2.45) is 10.9 Å². The predicted molar refractivity (Wildman–Crippen MR) is 109 cm³/mol. The van der Waals surface area contributed by atoms with E-state index in [4.69, 9.17) is 9.47 Å². The van der Waals surface area contributed by atoms with Crippen LogP contribution in [0.15, 0.2) is 29.3 Å². The Kier molecular flexibility index (Phi) is 7.78. The Hall–Kier alpha value is -1.79. The van der Waals surface area contributed by atoms with Gasteiger partial charge in [0.05, 0.1) is 13.2 Å². The van der Waals surface area contributed by atoms with Gasteiger partial charge in [0, 0.05) is 51.9 Å². The second-order valence-electron chi connectivity index (χ2n) is 7.50. The minimum atomic E-state index is 0.704. The van der Waals surface area contributed by atoms with Crippen molar-refractivity contribution in [1.29, 1.82) is 0 Å². The normalized spacial score (nSPS) is 21.9. The van der Waals surface area contributed by atoms with E-state index in [1.54, 1.807) is 0 Å². The van der Waals surface area contributed by atoms with Gasteiger partial charge in [0.1, 0.15) is 12.4 Å². The van der Waals surface area contributed by atoms with Gasteiger partial charge in [-0.3, -0.25) is 9.89 Å². The van der Waals surface area contributed by atoms with E-state index in [9.17, 15) is 0 Å². The highest BCUT2D eigenvalue weighted by Crippen LogP contribution is 2.19. The topological polar surface area (TPSA) is 49.3 Å². The molecule has 1 aromatic rings. The monoisotopic (exact) mass is 374 g/mol. The summed E-state index contributed by atoms with van der Waals surface area (Å²) >= 11 is 0. The van der Waals surface area contributed by atoms with Gasteiger partial charge in [0.25, 0.3) is 0 Å². The number of ether oxygens (including phenoxy) is 2. The van der Waals surface area contributed by atoms with Crippen LogP contribution in [0.3, 0.4) is 0 Å². The third kappa shape index (κ3) is 6.11.